The number of rotatable bonds is 4. The normalized spacial score (nSPS) is 11.9. The summed E-state index contributed by atoms with van der Waals surface area (Å²) in [5.41, 5.74) is 1.04. The SMILES string of the molecule is Cc1cc(NC(=O)C(C)OC(=O)c2cccc3ncccc23)no1. The molecule has 1 N–H and O–H groups in total. The highest BCUT2D eigenvalue weighted by molar-refractivity contribution is 6.04. The van der Waals surface area contributed by atoms with Crippen LogP contribution >= 0.6 is 0 Å². The summed E-state index contributed by atoms with van der Waals surface area (Å²) in [6, 6.07) is 10.2. The Morgan fingerprint density at radius 3 is 2.83 bits per heavy atom. The van der Waals surface area contributed by atoms with Gasteiger partial charge in [-0.15, -0.1) is 0 Å². The molecule has 0 aliphatic heterocycles. The maximum absolute atomic E-state index is 12.4. The average Bonchev–Trinajstić information content (AvgIpc) is 2.99. The first-order valence-electron chi connectivity index (χ1n) is 7.33. The van der Waals surface area contributed by atoms with Crippen LogP contribution in [0.25, 0.3) is 10.9 Å². The largest absolute Gasteiger partial charge is 0.449 e. The van der Waals surface area contributed by atoms with Crippen molar-refractivity contribution in [3.05, 3.63) is 53.9 Å². The van der Waals surface area contributed by atoms with Crippen LogP contribution in [0.2, 0.25) is 0 Å². The van der Waals surface area contributed by atoms with Crippen LogP contribution in [0, 0.1) is 6.92 Å². The Kier molecular flexibility index (Phi) is 4.24. The Balaban J connectivity index is 1.72. The summed E-state index contributed by atoms with van der Waals surface area (Å²) in [7, 11) is 0. The van der Waals surface area contributed by atoms with Gasteiger partial charge in [0.05, 0.1) is 11.1 Å². The monoisotopic (exact) mass is 325 g/mol. The molecule has 0 fully saturated rings. The molecule has 0 radical (unpaired) electrons. The number of nitrogens with one attached hydrogen (secondary N) is 1. The molecule has 0 spiro atoms. The van der Waals surface area contributed by atoms with Crippen LogP contribution < -0.4 is 5.32 Å². The summed E-state index contributed by atoms with van der Waals surface area (Å²) in [6.45, 7) is 3.20. The second-order valence-corrected chi connectivity index (χ2v) is 5.24. The van der Waals surface area contributed by atoms with E-state index < -0.39 is 18.0 Å². The molecule has 0 saturated carbocycles. The van der Waals surface area contributed by atoms with Crippen molar-refractivity contribution in [2.45, 2.75) is 20.0 Å². The van der Waals surface area contributed by atoms with Gasteiger partial charge in [-0.3, -0.25) is 9.78 Å². The molecule has 1 amide bonds. The number of amides is 1. The number of carbonyl (C=O) groups is 2. The lowest BCUT2D eigenvalue weighted by Gasteiger charge is -2.13. The molecule has 7 nitrogen and oxygen atoms in total. The zero-order chi connectivity index (χ0) is 17.1. The minimum atomic E-state index is -0.985. The number of pyridine rings is 1. The van der Waals surface area contributed by atoms with Crippen LogP contribution in [0.15, 0.2) is 47.1 Å². The molecule has 2 heterocycles. The maximum Gasteiger partial charge on any atom is 0.339 e. The minimum absolute atomic E-state index is 0.273. The first kappa shape index (κ1) is 15.7. The van der Waals surface area contributed by atoms with Crippen molar-refractivity contribution in [2.24, 2.45) is 0 Å². The standard InChI is InChI=1S/C17H15N3O4/c1-10-9-15(20-24-10)19-16(21)11(2)23-17(22)13-5-3-7-14-12(13)6-4-8-18-14/h3-9,11H,1-2H3,(H,19,20,21). The molecule has 1 atom stereocenters. The highest BCUT2D eigenvalue weighted by Crippen LogP contribution is 2.18. The molecule has 2 aromatic heterocycles. The van der Waals surface area contributed by atoms with E-state index in [1.165, 1.54) is 6.92 Å². The fourth-order valence-electron chi connectivity index (χ4n) is 2.21. The molecular formula is C17H15N3O4. The first-order valence-corrected chi connectivity index (χ1v) is 7.33. The molecule has 24 heavy (non-hydrogen) atoms. The van der Waals surface area contributed by atoms with Gasteiger partial charge in [0, 0.05) is 17.6 Å². The first-order chi connectivity index (χ1) is 11.5. The predicted molar refractivity (Wildman–Crippen MR) is 86.5 cm³/mol. The van der Waals surface area contributed by atoms with Crippen LogP contribution in [0.4, 0.5) is 5.82 Å². The van der Waals surface area contributed by atoms with Crippen molar-refractivity contribution in [1.82, 2.24) is 10.1 Å². The number of hydrogen-bond acceptors (Lipinski definition) is 6. The van der Waals surface area contributed by atoms with Crippen LogP contribution in [0.5, 0.6) is 0 Å². The molecule has 3 aromatic rings. The lowest BCUT2D eigenvalue weighted by Crippen LogP contribution is -2.30. The Hall–Kier alpha value is -3.22. The number of nitrogens with zero attached hydrogens (tertiary/aromatic N) is 2. The van der Waals surface area contributed by atoms with E-state index >= 15 is 0 Å². The van der Waals surface area contributed by atoms with Gasteiger partial charge in [0.2, 0.25) is 0 Å². The highest BCUT2D eigenvalue weighted by Gasteiger charge is 2.21. The summed E-state index contributed by atoms with van der Waals surface area (Å²) in [5.74, 6) is -0.240. The third-order valence-electron chi connectivity index (χ3n) is 3.40. The molecule has 7 heteroatoms. The average molecular weight is 325 g/mol. The van der Waals surface area contributed by atoms with E-state index in [4.69, 9.17) is 9.26 Å². The van der Waals surface area contributed by atoms with Crippen LogP contribution in [0.1, 0.15) is 23.0 Å². The molecule has 0 bridgehead atoms. The summed E-state index contributed by atoms with van der Waals surface area (Å²) >= 11 is 0. The fourth-order valence-corrected chi connectivity index (χ4v) is 2.21. The van der Waals surface area contributed by atoms with Gasteiger partial charge in [0.1, 0.15) is 5.76 Å². The van der Waals surface area contributed by atoms with Gasteiger partial charge in [0.25, 0.3) is 5.91 Å². The number of carbonyl (C=O) groups excluding carboxylic acids is 2. The van der Waals surface area contributed by atoms with Crippen LogP contribution in [-0.2, 0) is 9.53 Å². The Morgan fingerprint density at radius 1 is 1.25 bits per heavy atom. The zero-order valence-electron chi connectivity index (χ0n) is 13.1. The summed E-state index contributed by atoms with van der Waals surface area (Å²) in [5, 5.41) is 6.85. The number of anilines is 1. The quantitative estimate of drug-likeness (QED) is 0.741. The second kappa shape index (κ2) is 6.49. The van der Waals surface area contributed by atoms with Crippen LogP contribution in [-0.4, -0.2) is 28.1 Å². The number of benzene rings is 1. The van der Waals surface area contributed by atoms with Crippen molar-refractivity contribution >= 4 is 28.6 Å². The van der Waals surface area contributed by atoms with Gasteiger partial charge in [0.15, 0.2) is 11.9 Å². The fraction of sp³-hybridized carbons (Fsp3) is 0.176. The predicted octanol–water partition coefficient (Wildman–Crippen LogP) is 2.72. The van der Waals surface area contributed by atoms with E-state index in [0.717, 1.165) is 0 Å². The number of fused-ring (bicyclic) bond motifs is 1. The topological polar surface area (TPSA) is 94.3 Å². The molecular weight excluding hydrogens is 310 g/mol. The van der Waals surface area contributed by atoms with E-state index in [-0.39, 0.29) is 5.82 Å². The lowest BCUT2D eigenvalue weighted by molar-refractivity contribution is -0.123. The Morgan fingerprint density at radius 2 is 2.08 bits per heavy atom. The third-order valence-corrected chi connectivity index (χ3v) is 3.40. The molecule has 3 rings (SSSR count). The van der Waals surface area contributed by atoms with E-state index in [9.17, 15) is 9.59 Å². The van der Waals surface area contributed by atoms with Crippen molar-refractivity contribution in [3.8, 4) is 0 Å². The van der Waals surface area contributed by atoms with E-state index in [1.807, 2.05) is 0 Å². The van der Waals surface area contributed by atoms with Gasteiger partial charge in [-0.2, -0.15) is 0 Å². The third kappa shape index (κ3) is 3.24. The zero-order valence-corrected chi connectivity index (χ0v) is 13.1. The van der Waals surface area contributed by atoms with Gasteiger partial charge in [-0.25, -0.2) is 4.79 Å². The summed E-state index contributed by atoms with van der Waals surface area (Å²) < 4.78 is 10.1. The van der Waals surface area contributed by atoms with E-state index in [0.29, 0.717) is 22.2 Å². The van der Waals surface area contributed by atoms with Gasteiger partial charge < -0.3 is 14.6 Å². The maximum atomic E-state index is 12.4. The number of hydrogen-bond donors (Lipinski definition) is 1. The second-order valence-electron chi connectivity index (χ2n) is 5.24. The van der Waals surface area contributed by atoms with Crippen molar-refractivity contribution < 1.29 is 18.8 Å². The summed E-state index contributed by atoms with van der Waals surface area (Å²) in [6.07, 6.45) is 0.661. The Labute approximate surface area is 137 Å². The van der Waals surface area contributed by atoms with Crippen molar-refractivity contribution in [3.63, 3.8) is 0 Å². The summed E-state index contributed by atoms with van der Waals surface area (Å²) in [4.78, 5) is 28.6. The van der Waals surface area contributed by atoms with Crippen LogP contribution in [0.3, 0.4) is 0 Å². The smallest absolute Gasteiger partial charge is 0.339 e. The molecule has 1 unspecified atom stereocenters. The Bertz CT molecular complexity index is 898. The van der Waals surface area contributed by atoms with Gasteiger partial charge in [-0.1, -0.05) is 17.3 Å². The minimum Gasteiger partial charge on any atom is -0.449 e. The van der Waals surface area contributed by atoms with E-state index in [1.54, 1.807) is 49.5 Å². The molecule has 1 aromatic carbocycles. The van der Waals surface area contributed by atoms with Gasteiger partial charge in [-0.05, 0) is 32.0 Å². The highest BCUT2D eigenvalue weighted by atomic mass is 16.5. The number of aryl methyl sites for hydroxylation is 1. The van der Waals surface area contributed by atoms with Gasteiger partial charge >= 0.3 is 5.97 Å². The molecule has 0 aliphatic carbocycles. The van der Waals surface area contributed by atoms with E-state index in [2.05, 4.69) is 15.5 Å². The number of ether oxygens (including phenoxy) is 1. The number of esters is 1. The molecule has 0 aliphatic rings. The van der Waals surface area contributed by atoms with Crippen molar-refractivity contribution in [2.75, 3.05) is 5.32 Å². The van der Waals surface area contributed by atoms with Crippen molar-refractivity contribution in [1.29, 1.82) is 0 Å². The molecule has 122 valence electrons. The molecule has 0 saturated heterocycles. The lowest BCUT2D eigenvalue weighted by atomic mass is 10.1. The number of aromatic nitrogens is 2.